The van der Waals surface area contributed by atoms with Gasteiger partial charge < -0.3 is 14.8 Å². The minimum Gasteiger partial charge on any atom is -0.494 e. The predicted molar refractivity (Wildman–Crippen MR) is 102 cm³/mol. The Morgan fingerprint density at radius 2 is 1.88 bits per heavy atom. The topological polar surface area (TPSA) is 47.6 Å². The average Bonchev–Trinajstić information content (AvgIpc) is 2.55. The first-order valence-corrected chi connectivity index (χ1v) is 8.71. The van der Waals surface area contributed by atoms with Gasteiger partial charge in [-0.15, -0.1) is 0 Å². The Labute approximate surface area is 150 Å². The Hall–Kier alpha value is -2.49. The number of anilines is 1. The van der Waals surface area contributed by atoms with Crippen LogP contribution in [0.4, 0.5) is 5.69 Å². The zero-order valence-corrected chi connectivity index (χ0v) is 15.6. The maximum atomic E-state index is 12.5. The summed E-state index contributed by atoms with van der Waals surface area (Å²) in [6.07, 6.45) is -0.602. The molecule has 0 saturated heterocycles. The third-order valence-corrected chi connectivity index (χ3v) is 3.88. The summed E-state index contributed by atoms with van der Waals surface area (Å²) in [6, 6.07) is 13.5. The first-order valence-electron chi connectivity index (χ1n) is 8.71. The molecule has 0 bridgehead atoms. The molecule has 2 aromatic carbocycles. The first-order chi connectivity index (χ1) is 11.9. The van der Waals surface area contributed by atoms with Gasteiger partial charge in [-0.3, -0.25) is 4.79 Å². The van der Waals surface area contributed by atoms with Gasteiger partial charge in [-0.25, -0.2) is 0 Å². The number of hydrogen-bond acceptors (Lipinski definition) is 3. The van der Waals surface area contributed by atoms with E-state index in [-0.39, 0.29) is 5.91 Å². The molecule has 25 heavy (non-hydrogen) atoms. The highest BCUT2D eigenvalue weighted by molar-refractivity contribution is 5.94. The van der Waals surface area contributed by atoms with Crippen LogP contribution in [0.3, 0.4) is 0 Å². The number of benzene rings is 2. The number of ether oxygens (including phenoxy) is 2. The molecule has 0 aromatic heterocycles. The Morgan fingerprint density at radius 3 is 2.56 bits per heavy atom. The van der Waals surface area contributed by atoms with Crippen molar-refractivity contribution in [2.75, 3.05) is 11.9 Å². The molecule has 134 valence electrons. The molecule has 0 aliphatic carbocycles. The van der Waals surface area contributed by atoms with E-state index in [1.54, 1.807) is 13.0 Å². The van der Waals surface area contributed by atoms with Gasteiger partial charge in [0.1, 0.15) is 11.5 Å². The van der Waals surface area contributed by atoms with E-state index in [1.165, 1.54) is 0 Å². The third kappa shape index (κ3) is 5.24. The molecule has 0 aliphatic heterocycles. The van der Waals surface area contributed by atoms with Crippen LogP contribution in [0.2, 0.25) is 0 Å². The fraction of sp³-hybridized carbons (Fsp3) is 0.381. The van der Waals surface area contributed by atoms with Gasteiger partial charge in [0.15, 0.2) is 6.10 Å². The standard InChI is InChI=1S/C21H27NO3/c1-6-24-18-9-7-8-17(13-18)22-21(23)16(5)25-20-12-15(4)10-11-19(20)14(2)3/h7-14,16H,6H2,1-5H3,(H,22,23)/t16-/m1/s1. The summed E-state index contributed by atoms with van der Waals surface area (Å²) in [4.78, 5) is 12.5. The van der Waals surface area contributed by atoms with Crippen molar-refractivity contribution in [1.82, 2.24) is 0 Å². The van der Waals surface area contributed by atoms with E-state index in [1.807, 2.05) is 38.1 Å². The maximum absolute atomic E-state index is 12.5. The summed E-state index contributed by atoms with van der Waals surface area (Å²) >= 11 is 0. The van der Waals surface area contributed by atoms with Gasteiger partial charge >= 0.3 is 0 Å². The molecule has 1 atom stereocenters. The summed E-state index contributed by atoms with van der Waals surface area (Å²) in [7, 11) is 0. The van der Waals surface area contributed by atoms with Gasteiger partial charge in [0.2, 0.25) is 0 Å². The minimum atomic E-state index is -0.602. The van der Waals surface area contributed by atoms with E-state index in [0.29, 0.717) is 18.2 Å². The Balaban J connectivity index is 2.08. The van der Waals surface area contributed by atoms with Gasteiger partial charge in [-0.2, -0.15) is 0 Å². The number of amides is 1. The average molecular weight is 341 g/mol. The molecule has 1 amide bonds. The highest BCUT2D eigenvalue weighted by Gasteiger charge is 2.18. The van der Waals surface area contributed by atoms with Crippen LogP contribution in [0, 0.1) is 6.92 Å². The van der Waals surface area contributed by atoms with E-state index in [4.69, 9.17) is 9.47 Å². The summed E-state index contributed by atoms with van der Waals surface area (Å²) in [5.41, 5.74) is 2.90. The van der Waals surface area contributed by atoms with Crippen LogP contribution in [0.25, 0.3) is 0 Å². The molecule has 4 nitrogen and oxygen atoms in total. The molecule has 0 spiro atoms. The molecule has 0 saturated carbocycles. The quantitative estimate of drug-likeness (QED) is 0.777. The molecule has 0 fully saturated rings. The van der Waals surface area contributed by atoms with Crippen LogP contribution in [0.15, 0.2) is 42.5 Å². The molecule has 4 heteroatoms. The van der Waals surface area contributed by atoms with Crippen molar-refractivity contribution in [2.24, 2.45) is 0 Å². The van der Waals surface area contributed by atoms with E-state index >= 15 is 0 Å². The fourth-order valence-corrected chi connectivity index (χ4v) is 2.54. The van der Waals surface area contributed by atoms with Crippen molar-refractivity contribution in [2.45, 2.75) is 46.6 Å². The van der Waals surface area contributed by atoms with Crippen LogP contribution >= 0.6 is 0 Å². The maximum Gasteiger partial charge on any atom is 0.265 e. The molecule has 0 radical (unpaired) electrons. The van der Waals surface area contributed by atoms with E-state index in [0.717, 1.165) is 22.6 Å². The number of hydrogen-bond donors (Lipinski definition) is 1. The Bertz CT molecular complexity index is 725. The lowest BCUT2D eigenvalue weighted by Gasteiger charge is -2.19. The second-order valence-corrected chi connectivity index (χ2v) is 6.41. The van der Waals surface area contributed by atoms with Gasteiger partial charge in [0.25, 0.3) is 5.91 Å². The van der Waals surface area contributed by atoms with Crippen molar-refractivity contribution in [3.8, 4) is 11.5 Å². The monoisotopic (exact) mass is 341 g/mol. The summed E-state index contributed by atoms with van der Waals surface area (Å²) in [5.74, 6) is 1.63. The SMILES string of the molecule is CCOc1cccc(NC(=O)[C@@H](C)Oc2cc(C)ccc2C(C)C)c1. The van der Waals surface area contributed by atoms with Crippen LogP contribution in [-0.4, -0.2) is 18.6 Å². The Morgan fingerprint density at radius 1 is 1.12 bits per heavy atom. The molecular formula is C21H27NO3. The number of rotatable bonds is 7. The normalized spacial score (nSPS) is 11.9. The minimum absolute atomic E-state index is 0.190. The molecule has 2 rings (SSSR count). The van der Waals surface area contributed by atoms with Crippen LogP contribution in [0.1, 0.15) is 44.7 Å². The summed E-state index contributed by atoms with van der Waals surface area (Å²) in [5, 5.41) is 2.88. The number of carbonyl (C=O) groups is 1. The first kappa shape index (κ1) is 18.8. The number of aryl methyl sites for hydroxylation is 1. The van der Waals surface area contributed by atoms with Crippen molar-refractivity contribution < 1.29 is 14.3 Å². The lowest BCUT2D eigenvalue weighted by molar-refractivity contribution is -0.122. The van der Waals surface area contributed by atoms with Crippen molar-refractivity contribution in [3.05, 3.63) is 53.6 Å². The lowest BCUT2D eigenvalue weighted by atomic mass is 10.0. The lowest BCUT2D eigenvalue weighted by Crippen LogP contribution is -2.30. The largest absolute Gasteiger partial charge is 0.494 e. The predicted octanol–water partition coefficient (Wildman–Crippen LogP) is 4.92. The fourth-order valence-electron chi connectivity index (χ4n) is 2.54. The second kappa shape index (κ2) is 8.56. The second-order valence-electron chi connectivity index (χ2n) is 6.41. The van der Waals surface area contributed by atoms with Crippen molar-refractivity contribution in [3.63, 3.8) is 0 Å². The number of carbonyl (C=O) groups excluding carboxylic acids is 1. The number of nitrogens with one attached hydrogen (secondary N) is 1. The molecule has 0 aliphatic rings. The van der Waals surface area contributed by atoms with E-state index in [9.17, 15) is 4.79 Å². The van der Waals surface area contributed by atoms with Crippen molar-refractivity contribution >= 4 is 11.6 Å². The zero-order chi connectivity index (χ0) is 18.4. The van der Waals surface area contributed by atoms with E-state index in [2.05, 4.69) is 31.3 Å². The highest BCUT2D eigenvalue weighted by Crippen LogP contribution is 2.28. The molecule has 1 N–H and O–H groups in total. The molecule has 0 unspecified atom stereocenters. The van der Waals surface area contributed by atoms with Gasteiger partial charge in [0, 0.05) is 11.8 Å². The zero-order valence-electron chi connectivity index (χ0n) is 15.6. The van der Waals surface area contributed by atoms with Crippen molar-refractivity contribution in [1.29, 1.82) is 0 Å². The molecule has 0 heterocycles. The van der Waals surface area contributed by atoms with Gasteiger partial charge in [0.05, 0.1) is 6.61 Å². The summed E-state index contributed by atoms with van der Waals surface area (Å²) in [6.45, 7) is 10.5. The smallest absolute Gasteiger partial charge is 0.265 e. The molecule has 2 aromatic rings. The summed E-state index contributed by atoms with van der Waals surface area (Å²) < 4.78 is 11.4. The Kier molecular flexibility index (Phi) is 6.45. The highest BCUT2D eigenvalue weighted by atomic mass is 16.5. The van der Waals surface area contributed by atoms with E-state index < -0.39 is 6.10 Å². The molecular weight excluding hydrogens is 314 g/mol. The van der Waals surface area contributed by atoms with Gasteiger partial charge in [-0.1, -0.05) is 32.0 Å². The van der Waals surface area contributed by atoms with Crippen LogP contribution in [0.5, 0.6) is 11.5 Å². The van der Waals surface area contributed by atoms with Gasteiger partial charge in [-0.05, 0) is 56.0 Å². The van der Waals surface area contributed by atoms with Crippen LogP contribution in [-0.2, 0) is 4.79 Å². The third-order valence-electron chi connectivity index (χ3n) is 3.88. The van der Waals surface area contributed by atoms with Crippen LogP contribution < -0.4 is 14.8 Å².